The first-order valence-electron chi connectivity index (χ1n) is 5.54. The minimum atomic E-state index is -0.897. The standard InChI is InChI=1S/C13H13NO3S/c1-14(7-6-12(15)16)13(17)11-8-9-4-2-3-5-10(9)18-11/h2-5,8H,6-7H2,1H3,(H,15,16). The molecule has 0 fully saturated rings. The molecule has 2 rings (SSSR count). The molecule has 1 N–H and O–H groups in total. The van der Waals surface area contributed by atoms with Gasteiger partial charge in [0.15, 0.2) is 0 Å². The molecule has 1 aromatic carbocycles. The van der Waals surface area contributed by atoms with Crippen LogP contribution in [0.3, 0.4) is 0 Å². The number of rotatable bonds is 4. The molecule has 0 aliphatic heterocycles. The lowest BCUT2D eigenvalue weighted by atomic mass is 10.2. The first-order chi connectivity index (χ1) is 8.58. The number of carboxylic acid groups (broad SMARTS) is 1. The molecule has 0 aliphatic rings. The van der Waals surface area contributed by atoms with E-state index in [-0.39, 0.29) is 18.9 Å². The Bertz CT molecular complexity index is 558. The molecule has 0 unspecified atom stereocenters. The van der Waals surface area contributed by atoms with Crippen LogP contribution in [-0.2, 0) is 4.79 Å². The van der Waals surface area contributed by atoms with Gasteiger partial charge < -0.3 is 10.0 Å². The molecule has 2 aromatic rings. The van der Waals surface area contributed by atoms with Crippen LogP contribution in [0.4, 0.5) is 0 Å². The maximum Gasteiger partial charge on any atom is 0.305 e. The van der Waals surface area contributed by atoms with Crippen LogP contribution in [0.5, 0.6) is 0 Å². The third-order valence-corrected chi connectivity index (χ3v) is 3.75. The highest BCUT2D eigenvalue weighted by atomic mass is 32.1. The number of carbonyl (C=O) groups excluding carboxylic acids is 1. The van der Waals surface area contributed by atoms with E-state index in [1.54, 1.807) is 7.05 Å². The third kappa shape index (κ3) is 2.68. The van der Waals surface area contributed by atoms with E-state index in [0.717, 1.165) is 10.1 Å². The first-order valence-corrected chi connectivity index (χ1v) is 6.35. The molecule has 1 aromatic heterocycles. The Hall–Kier alpha value is -1.88. The van der Waals surface area contributed by atoms with Gasteiger partial charge in [0, 0.05) is 18.3 Å². The van der Waals surface area contributed by atoms with E-state index in [0.29, 0.717) is 4.88 Å². The number of nitrogens with zero attached hydrogens (tertiary/aromatic N) is 1. The average Bonchev–Trinajstić information content (AvgIpc) is 2.78. The molecule has 0 atom stereocenters. The number of carbonyl (C=O) groups is 2. The smallest absolute Gasteiger partial charge is 0.305 e. The second-order valence-corrected chi connectivity index (χ2v) is 5.10. The summed E-state index contributed by atoms with van der Waals surface area (Å²) in [5.74, 6) is -1.02. The molecular formula is C13H13NO3S. The van der Waals surface area contributed by atoms with Crippen molar-refractivity contribution in [3.8, 4) is 0 Å². The van der Waals surface area contributed by atoms with Crippen LogP contribution in [0.2, 0.25) is 0 Å². The third-order valence-electron chi connectivity index (χ3n) is 2.64. The minimum absolute atomic E-state index is 0.0346. The summed E-state index contributed by atoms with van der Waals surface area (Å²) in [7, 11) is 1.62. The number of hydrogen-bond acceptors (Lipinski definition) is 3. The van der Waals surface area contributed by atoms with Crippen LogP contribution in [0, 0.1) is 0 Å². The van der Waals surface area contributed by atoms with Crippen molar-refractivity contribution >= 4 is 33.3 Å². The fourth-order valence-electron chi connectivity index (χ4n) is 1.64. The predicted molar refractivity (Wildman–Crippen MR) is 71.0 cm³/mol. The molecule has 0 spiro atoms. The SMILES string of the molecule is CN(CCC(=O)O)C(=O)c1cc2ccccc2s1. The van der Waals surface area contributed by atoms with Crippen molar-refractivity contribution in [2.75, 3.05) is 13.6 Å². The molecule has 0 saturated heterocycles. The van der Waals surface area contributed by atoms with Gasteiger partial charge in [-0.05, 0) is 17.5 Å². The van der Waals surface area contributed by atoms with Crippen molar-refractivity contribution in [3.63, 3.8) is 0 Å². The lowest BCUT2D eigenvalue weighted by Gasteiger charge is -2.14. The van der Waals surface area contributed by atoms with Crippen molar-refractivity contribution in [1.29, 1.82) is 0 Å². The molecule has 0 saturated carbocycles. The highest BCUT2D eigenvalue weighted by molar-refractivity contribution is 7.20. The van der Waals surface area contributed by atoms with Crippen molar-refractivity contribution in [2.45, 2.75) is 6.42 Å². The Morgan fingerprint density at radius 3 is 2.72 bits per heavy atom. The van der Waals surface area contributed by atoms with Crippen molar-refractivity contribution in [3.05, 3.63) is 35.2 Å². The topological polar surface area (TPSA) is 57.6 Å². The number of amides is 1. The van der Waals surface area contributed by atoms with Gasteiger partial charge in [-0.2, -0.15) is 0 Å². The van der Waals surface area contributed by atoms with Crippen molar-refractivity contribution in [1.82, 2.24) is 4.90 Å². The molecule has 18 heavy (non-hydrogen) atoms. The van der Waals surface area contributed by atoms with Gasteiger partial charge in [-0.25, -0.2) is 0 Å². The molecule has 0 aliphatic carbocycles. The number of fused-ring (bicyclic) bond motifs is 1. The Morgan fingerprint density at radius 1 is 1.33 bits per heavy atom. The lowest BCUT2D eigenvalue weighted by molar-refractivity contribution is -0.137. The summed E-state index contributed by atoms with van der Waals surface area (Å²) in [4.78, 5) is 24.6. The summed E-state index contributed by atoms with van der Waals surface area (Å²) in [6.07, 6.45) is -0.0346. The second kappa shape index (κ2) is 5.18. The van der Waals surface area contributed by atoms with Crippen LogP contribution in [0.15, 0.2) is 30.3 Å². The first kappa shape index (κ1) is 12.6. The zero-order valence-corrected chi connectivity index (χ0v) is 10.7. The highest BCUT2D eigenvalue weighted by Gasteiger charge is 2.15. The largest absolute Gasteiger partial charge is 0.481 e. The quantitative estimate of drug-likeness (QED) is 0.921. The van der Waals surface area contributed by atoms with Crippen molar-refractivity contribution < 1.29 is 14.7 Å². The predicted octanol–water partition coefficient (Wildman–Crippen LogP) is 2.45. The lowest BCUT2D eigenvalue weighted by Crippen LogP contribution is -2.28. The summed E-state index contributed by atoms with van der Waals surface area (Å²) in [5, 5.41) is 9.63. The molecule has 1 amide bonds. The van der Waals surface area contributed by atoms with Crippen LogP contribution in [0.1, 0.15) is 16.1 Å². The Morgan fingerprint density at radius 2 is 2.06 bits per heavy atom. The fourth-order valence-corrected chi connectivity index (χ4v) is 2.70. The Balaban J connectivity index is 2.15. The Kier molecular flexibility index (Phi) is 3.62. The summed E-state index contributed by atoms with van der Waals surface area (Å²) >= 11 is 1.43. The maximum absolute atomic E-state index is 12.1. The van der Waals surface area contributed by atoms with Crippen LogP contribution in [-0.4, -0.2) is 35.5 Å². The second-order valence-electron chi connectivity index (χ2n) is 4.02. The van der Waals surface area contributed by atoms with Gasteiger partial charge in [0.25, 0.3) is 5.91 Å². The van der Waals surface area contributed by atoms with E-state index in [1.807, 2.05) is 30.3 Å². The summed E-state index contributed by atoms with van der Waals surface area (Å²) in [5.41, 5.74) is 0. The van der Waals surface area contributed by atoms with Gasteiger partial charge in [-0.1, -0.05) is 18.2 Å². The minimum Gasteiger partial charge on any atom is -0.481 e. The van der Waals surface area contributed by atoms with Gasteiger partial charge in [-0.15, -0.1) is 11.3 Å². The number of carboxylic acids is 1. The molecule has 0 radical (unpaired) electrons. The van der Waals surface area contributed by atoms with E-state index in [4.69, 9.17) is 5.11 Å². The normalized spacial score (nSPS) is 10.5. The molecule has 94 valence electrons. The number of thiophene rings is 1. The summed E-state index contributed by atoms with van der Waals surface area (Å²) < 4.78 is 1.06. The van der Waals surface area contributed by atoms with Gasteiger partial charge in [-0.3, -0.25) is 9.59 Å². The van der Waals surface area contributed by atoms with Crippen LogP contribution >= 0.6 is 11.3 Å². The molecule has 1 heterocycles. The molecule has 0 bridgehead atoms. The van der Waals surface area contributed by atoms with E-state index in [9.17, 15) is 9.59 Å². The van der Waals surface area contributed by atoms with Crippen molar-refractivity contribution in [2.24, 2.45) is 0 Å². The molecule has 5 heteroatoms. The van der Waals surface area contributed by atoms with Gasteiger partial charge in [0.1, 0.15) is 0 Å². The Labute approximate surface area is 108 Å². The van der Waals surface area contributed by atoms with Gasteiger partial charge in [0.05, 0.1) is 11.3 Å². The van der Waals surface area contributed by atoms with E-state index in [2.05, 4.69) is 0 Å². The van der Waals surface area contributed by atoms with Gasteiger partial charge >= 0.3 is 5.97 Å². The summed E-state index contributed by atoms with van der Waals surface area (Å²) in [6.45, 7) is 0.225. The molecule has 4 nitrogen and oxygen atoms in total. The van der Waals surface area contributed by atoms with Crippen LogP contribution < -0.4 is 0 Å². The maximum atomic E-state index is 12.1. The monoisotopic (exact) mass is 263 g/mol. The van der Waals surface area contributed by atoms with E-state index >= 15 is 0 Å². The zero-order valence-electron chi connectivity index (χ0n) is 9.92. The number of aliphatic carboxylic acids is 1. The zero-order chi connectivity index (χ0) is 13.1. The average molecular weight is 263 g/mol. The van der Waals surface area contributed by atoms with Gasteiger partial charge in [0.2, 0.25) is 0 Å². The fraction of sp³-hybridized carbons (Fsp3) is 0.231. The number of hydrogen-bond donors (Lipinski definition) is 1. The summed E-state index contributed by atoms with van der Waals surface area (Å²) in [6, 6.07) is 9.63. The van der Waals surface area contributed by atoms with E-state index in [1.165, 1.54) is 16.2 Å². The number of benzene rings is 1. The molecular weight excluding hydrogens is 250 g/mol. The van der Waals surface area contributed by atoms with E-state index < -0.39 is 5.97 Å². The van der Waals surface area contributed by atoms with Crippen LogP contribution in [0.25, 0.3) is 10.1 Å². The highest BCUT2D eigenvalue weighted by Crippen LogP contribution is 2.26.